The van der Waals surface area contributed by atoms with E-state index in [1.807, 2.05) is 6.92 Å². The lowest BCUT2D eigenvalue weighted by atomic mass is 9.82. The Balaban J connectivity index is 1.50. The van der Waals surface area contributed by atoms with Gasteiger partial charge in [0.05, 0.1) is 0 Å². The summed E-state index contributed by atoms with van der Waals surface area (Å²) in [7, 11) is 0. The van der Waals surface area contributed by atoms with Gasteiger partial charge in [-0.3, -0.25) is 0 Å². The maximum absolute atomic E-state index is 14.9. The zero-order chi connectivity index (χ0) is 25.0. The van der Waals surface area contributed by atoms with Crippen molar-refractivity contribution >= 4 is 10.8 Å². The van der Waals surface area contributed by atoms with Crippen LogP contribution in [-0.2, 0) is 0 Å². The third-order valence-corrected chi connectivity index (χ3v) is 6.25. The lowest BCUT2D eigenvalue weighted by molar-refractivity contribution is -0.153. The first-order valence-electron chi connectivity index (χ1n) is 11.6. The lowest BCUT2D eigenvalue weighted by Gasteiger charge is -2.22. The molecule has 0 radical (unpaired) electrons. The predicted molar refractivity (Wildman–Crippen MR) is 128 cm³/mol. The molecule has 1 aliphatic carbocycles. The zero-order valence-electron chi connectivity index (χ0n) is 19.3. The molecule has 0 unspecified atom stereocenters. The first kappa shape index (κ1) is 24.8. The highest BCUT2D eigenvalue weighted by Gasteiger charge is 2.29. The number of fused-ring (bicyclic) bond motifs is 1. The molecule has 0 bridgehead atoms. The van der Waals surface area contributed by atoms with E-state index in [2.05, 4.69) is 28.7 Å². The van der Waals surface area contributed by atoms with E-state index < -0.39 is 30.2 Å². The summed E-state index contributed by atoms with van der Waals surface area (Å²) in [4.78, 5) is 0. The van der Waals surface area contributed by atoms with E-state index in [1.165, 1.54) is 24.3 Å². The van der Waals surface area contributed by atoms with Gasteiger partial charge in [0.25, 0.3) is 0 Å². The minimum absolute atomic E-state index is 0.0977. The van der Waals surface area contributed by atoms with Crippen molar-refractivity contribution in [2.75, 3.05) is 6.61 Å². The molecule has 1 nitrogen and oxygen atoms in total. The zero-order valence-corrected chi connectivity index (χ0v) is 19.3. The van der Waals surface area contributed by atoms with Crippen LogP contribution in [0.2, 0.25) is 0 Å². The molecule has 0 heterocycles. The number of alkyl halides is 3. The Labute approximate surface area is 201 Å². The molecule has 182 valence electrons. The topological polar surface area (TPSA) is 9.23 Å². The Bertz CT molecular complexity index is 1290. The number of rotatable bonds is 4. The number of allylic oxidation sites excluding steroid dienone is 2. The van der Waals surface area contributed by atoms with Gasteiger partial charge >= 0.3 is 6.18 Å². The second-order valence-electron chi connectivity index (χ2n) is 8.82. The largest absolute Gasteiger partial charge is 0.481 e. The average molecular weight is 485 g/mol. The Hall–Kier alpha value is -3.33. The average Bonchev–Trinajstić information content (AvgIpc) is 2.83. The molecule has 4 rings (SSSR count). The van der Waals surface area contributed by atoms with Crippen LogP contribution < -0.4 is 4.74 Å². The number of hydrogen-bond acceptors (Lipinski definition) is 1. The van der Waals surface area contributed by atoms with Crippen molar-refractivity contribution in [2.24, 2.45) is 11.8 Å². The van der Waals surface area contributed by atoms with Crippen LogP contribution >= 0.6 is 0 Å². The highest BCUT2D eigenvalue weighted by Crippen LogP contribution is 2.33. The molecule has 0 spiro atoms. The van der Waals surface area contributed by atoms with E-state index in [9.17, 15) is 22.0 Å². The summed E-state index contributed by atoms with van der Waals surface area (Å²) < 4.78 is 71.3. The molecule has 0 aliphatic heterocycles. The molecule has 0 aromatic heterocycles. The lowest BCUT2D eigenvalue weighted by Crippen LogP contribution is -2.19. The molecule has 35 heavy (non-hydrogen) atoms. The van der Waals surface area contributed by atoms with Crippen molar-refractivity contribution in [1.82, 2.24) is 0 Å². The van der Waals surface area contributed by atoms with Gasteiger partial charge in [-0.25, -0.2) is 8.78 Å². The summed E-state index contributed by atoms with van der Waals surface area (Å²) in [6.45, 7) is 0.458. The van der Waals surface area contributed by atoms with Crippen LogP contribution in [0, 0.1) is 35.3 Å². The van der Waals surface area contributed by atoms with Gasteiger partial charge in [0, 0.05) is 22.4 Å². The molecule has 0 saturated heterocycles. The van der Waals surface area contributed by atoms with E-state index in [4.69, 9.17) is 0 Å². The SMILES string of the molecule is C/C=C/C1CCC(C#Cc2ccc(-c3ccc4c(F)c(OCC(F)(F)F)ccc4c3)c(F)c2)CC1. The van der Waals surface area contributed by atoms with Gasteiger partial charge in [0.2, 0.25) is 0 Å². The van der Waals surface area contributed by atoms with E-state index in [0.29, 0.717) is 33.9 Å². The summed E-state index contributed by atoms with van der Waals surface area (Å²) in [6.07, 6.45) is 4.10. The van der Waals surface area contributed by atoms with Gasteiger partial charge in [-0.15, -0.1) is 0 Å². The van der Waals surface area contributed by atoms with Crippen molar-refractivity contribution in [3.63, 3.8) is 0 Å². The number of hydrogen-bond donors (Lipinski definition) is 0. The van der Waals surface area contributed by atoms with Gasteiger partial charge < -0.3 is 4.74 Å². The maximum atomic E-state index is 14.9. The van der Waals surface area contributed by atoms with Crippen LogP contribution in [0.4, 0.5) is 22.0 Å². The van der Waals surface area contributed by atoms with Crippen LogP contribution in [-0.4, -0.2) is 12.8 Å². The minimum atomic E-state index is -4.56. The van der Waals surface area contributed by atoms with Crippen LogP contribution in [0.1, 0.15) is 38.2 Å². The van der Waals surface area contributed by atoms with Gasteiger partial charge in [0.1, 0.15) is 5.82 Å². The summed E-state index contributed by atoms with van der Waals surface area (Å²) in [5.41, 5.74) is 1.46. The monoisotopic (exact) mass is 484 g/mol. The number of halogens is 5. The van der Waals surface area contributed by atoms with Gasteiger partial charge in [0.15, 0.2) is 18.2 Å². The van der Waals surface area contributed by atoms with E-state index in [-0.39, 0.29) is 5.39 Å². The normalized spacial score (nSPS) is 18.5. The third-order valence-electron chi connectivity index (χ3n) is 6.25. The summed E-state index contributed by atoms with van der Waals surface area (Å²) >= 11 is 0. The molecule has 1 aliphatic rings. The van der Waals surface area contributed by atoms with Gasteiger partial charge in [-0.1, -0.05) is 48.3 Å². The second kappa shape index (κ2) is 10.5. The van der Waals surface area contributed by atoms with Crippen LogP contribution in [0.15, 0.2) is 60.7 Å². The summed E-state index contributed by atoms with van der Waals surface area (Å²) in [6, 6.07) is 11.9. The fraction of sp³-hybridized carbons (Fsp3) is 0.310. The summed E-state index contributed by atoms with van der Waals surface area (Å²) in [5, 5.41) is 0.525. The van der Waals surface area contributed by atoms with E-state index in [1.54, 1.807) is 18.2 Å². The minimum Gasteiger partial charge on any atom is -0.481 e. The molecule has 0 atom stereocenters. The van der Waals surface area contributed by atoms with Crippen molar-refractivity contribution in [3.05, 3.63) is 77.9 Å². The third kappa shape index (κ3) is 6.22. The molecule has 1 saturated carbocycles. The number of ether oxygens (including phenoxy) is 1. The second-order valence-corrected chi connectivity index (χ2v) is 8.82. The van der Waals surface area contributed by atoms with Crippen LogP contribution in [0.3, 0.4) is 0 Å². The van der Waals surface area contributed by atoms with E-state index in [0.717, 1.165) is 31.7 Å². The van der Waals surface area contributed by atoms with E-state index >= 15 is 0 Å². The molecule has 1 fully saturated rings. The molecule has 3 aromatic carbocycles. The fourth-order valence-corrected chi connectivity index (χ4v) is 4.45. The summed E-state index contributed by atoms with van der Waals surface area (Å²) in [5.74, 6) is 5.51. The predicted octanol–water partition coefficient (Wildman–Crippen LogP) is 8.46. The van der Waals surface area contributed by atoms with Crippen molar-refractivity contribution < 1.29 is 26.7 Å². The molecular weight excluding hydrogens is 459 g/mol. The van der Waals surface area contributed by atoms with Crippen molar-refractivity contribution in [1.29, 1.82) is 0 Å². The Morgan fingerprint density at radius 2 is 1.74 bits per heavy atom. The van der Waals surface area contributed by atoms with Gasteiger partial charge in [-0.2, -0.15) is 13.2 Å². The standard InChI is InChI=1S/C29H25F5O/c1-2-3-19-4-6-20(7-5-19)8-9-21-10-13-24(26(30)16-21)22-11-14-25-23(17-22)12-15-27(28(25)31)35-18-29(32,33)34/h2-3,10-17,19-20H,4-7,18H2,1H3/b3-2+. The maximum Gasteiger partial charge on any atom is 0.422 e. The Morgan fingerprint density at radius 3 is 2.43 bits per heavy atom. The fourth-order valence-electron chi connectivity index (χ4n) is 4.45. The molecule has 3 aromatic rings. The first-order valence-corrected chi connectivity index (χ1v) is 11.6. The molecule has 0 N–H and O–H groups in total. The van der Waals surface area contributed by atoms with Crippen LogP contribution in [0.5, 0.6) is 5.75 Å². The smallest absolute Gasteiger partial charge is 0.422 e. The molecule has 0 amide bonds. The number of benzene rings is 3. The van der Waals surface area contributed by atoms with Crippen molar-refractivity contribution in [3.8, 4) is 28.7 Å². The van der Waals surface area contributed by atoms with Crippen molar-refractivity contribution in [2.45, 2.75) is 38.8 Å². The highest BCUT2D eigenvalue weighted by atomic mass is 19.4. The van der Waals surface area contributed by atoms with Crippen LogP contribution in [0.25, 0.3) is 21.9 Å². The molecule has 6 heteroatoms. The highest BCUT2D eigenvalue weighted by molar-refractivity contribution is 5.89. The Morgan fingerprint density at radius 1 is 0.971 bits per heavy atom. The first-order chi connectivity index (χ1) is 16.7. The quantitative estimate of drug-likeness (QED) is 0.205. The van der Waals surface area contributed by atoms with Gasteiger partial charge in [-0.05, 0) is 73.7 Å². The Kier molecular flexibility index (Phi) is 7.45. The molecular formula is C29H25F5O.